The zero-order valence-electron chi connectivity index (χ0n) is 24.8. The molecule has 2 heterocycles. The van der Waals surface area contributed by atoms with E-state index in [1.54, 1.807) is 12.1 Å². The second-order valence-corrected chi connectivity index (χ2v) is 12.2. The minimum absolute atomic E-state index is 0.0999. The van der Waals surface area contributed by atoms with E-state index in [9.17, 15) is 24.9 Å². The van der Waals surface area contributed by atoms with Crippen LogP contribution in [-0.2, 0) is 16.1 Å². The van der Waals surface area contributed by atoms with Gasteiger partial charge in [0.1, 0.15) is 5.75 Å². The average molecular weight is 573 g/mol. The van der Waals surface area contributed by atoms with Crippen molar-refractivity contribution in [2.24, 2.45) is 17.8 Å². The molecule has 3 N–H and O–H groups in total. The number of benzene rings is 2. The van der Waals surface area contributed by atoms with Gasteiger partial charge >= 0.3 is 0 Å². The van der Waals surface area contributed by atoms with Gasteiger partial charge in [-0.3, -0.25) is 19.4 Å². The van der Waals surface area contributed by atoms with E-state index in [-0.39, 0.29) is 30.2 Å². The SMILES string of the molecule is CCC1=C([C@H](O)CC/C(C)=C/c2ccc(O)cc2)[C@H](CO)[C@@H]2C(=O)N(C3CCN(Cc4ccccc4)CC3)C(=O)[C@@H]2C1. The third kappa shape index (κ3) is 6.38. The topological polar surface area (TPSA) is 101 Å². The number of amides is 2. The molecule has 1 aliphatic carbocycles. The number of aromatic hydroxyl groups is 1. The first-order chi connectivity index (χ1) is 20.3. The number of likely N-dealkylation sites (tertiary alicyclic amines) is 2. The number of allylic oxidation sites excluding steroid dienone is 2. The van der Waals surface area contributed by atoms with Crippen molar-refractivity contribution < 1.29 is 24.9 Å². The number of aliphatic hydroxyl groups is 2. The summed E-state index contributed by atoms with van der Waals surface area (Å²) < 4.78 is 0. The van der Waals surface area contributed by atoms with Crippen molar-refractivity contribution in [2.75, 3.05) is 19.7 Å². The number of nitrogens with zero attached hydrogens (tertiary/aromatic N) is 2. The van der Waals surface area contributed by atoms with Gasteiger partial charge in [-0.05, 0) is 74.3 Å². The van der Waals surface area contributed by atoms with E-state index in [2.05, 4.69) is 17.0 Å². The molecule has 42 heavy (non-hydrogen) atoms. The third-order valence-electron chi connectivity index (χ3n) is 9.49. The second kappa shape index (κ2) is 13.4. The molecule has 3 aliphatic rings. The number of imide groups is 1. The number of rotatable bonds is 10. The summed E-state index contributed by atoms with van der Waals surface area (Å²) >= 11 is 0. The predicted octanol–water partition coefficient (Wildman–Crippen LogP) is 4.92. The van der Waals surface area contributed by atoms with Crippen LogP contribution in [0.1, 0.15) is 63.5 Å². The first kappa shape index (κ1) is 30.2. The number of phenols is 1. The molecule has 7 heteroatoms. The Hall–Kier alpha value is -3.26. The van der Waals surface area contributed by atoms with Crippen molar-refractivity contribution in [3.63, 3.8) is 0 Å². The van der Waals surface area contributed by atoms with Crippen LogP contribution < -0.4 is 0 Å². The molecule has 7 nitrogen and oxygen atoms in total. The maximum atomic E-state index is 13.9. The Morgan fingerprint density at radius 1 is 1.02 bits per heavy atom. The molecule has 2 amide bonds. The van der Waals surface area contributed by atoms with Crippen LogP contribution in [-0.4, -0.2) is 68.8 Å². The van der Waals surface area contributed by atoms with E-state index < -0.39 is 23.9 Å². The van der Waals surface area contributed by atoms with Crippen LogP contribution >= 0.6 is 0 Å². The van der Waals surface area contributed by atoms with Crippen LogP contribution in [0.5, 0.6) is 5.75 Å². The standard InChI is InChI=1S/C35H44N2O5/c1-3-26-20-29-33(30(22-38)32(26)31(40)14-9-23(2)19-24-10-12-28(39)13-11-24)35(42)37(34(29)41)27-15-17-36(18-16-27)21-25-7-5-4-6-8-25/h4-8,10-13,19,27,29-31,33,38-40H,3,9,14-18,20-22H2,1-2H3/b23-19+/t29-,30+,31-,33-/m1/s1. The summed E-state index contributed by atoms with van der Waals surface area (Å²) in [6, 6.07) is 17.2. The molecule has 0 spiro atoms. The normalized spacial score (nSPS) is 24.8. The third-order valence-corrected chi connectivity index (χ3v) is 9.49. The number of fused-ring (bicyclic) bond motifs is 1. The zero-order chi connectivity index (χ0) is 29.8. The molecule has 5 rings (SSSR count). The van der Waals surface area contributed by atoms with E-state index in [0.29, 0.717) is 25.7 Å². The molecule has 224 valence electrons. The molecule has 4 atom stereocenters. The lowest BCUT2D eigenvalue weighted by Gasteiger charge is -2.37. The molecule has 2 aromatic rings. The zero-order valence-corrected chi connectivity index (χ0v) is 24.8. The van der Waals surface area contributed by atoms with Crippen molar-refractivity contribution in [3.05, 3.63) is 82.4 Å². The lowest BCUT2D eigenvalue weighted by atomic mass is 9.67. The molecular formula is C35H44N2O5. The summed E-state index contributed by atoms with van der Waals surface area (Å²) in [6.07, 6.45) is 5.01. The van der Waals surface area contributed by atoms with Crippen molar-refractivity contribution >= 4 is 17.9 Å². The summed E-state index contributed by atoms with van der Waals surface area (Å²) in [6.45, 7) is 6.29. The van der Waals surface area contributed by atoms with Crippen molar-refractivity contribution in [3.8, 4) is 5.75 Å². The van der Waals surface area contributed by atoms with Gasteiger partial charge in [0.05, 0.1) is 24.5 Å². The van der Waals surface area contributed by atoms with E-state index in [1.165, 1.54) is 10.5 Å². The monoisotopic (exact) mass is 572 g/mol. The van der Waals surface area contributed by atoms with Crippen LogP contribution in [0.25, 0.3) is 6.08 Å². The van der Waals surface area contributed by atoms with E-state index in [4.69, 9.17) is 0 Å². The summed E-state index contributed by atoms with van der Waals surface area (Å²) in [5, 5.41) is 31.5. The summed E-state index contributed by atoms with van der Waals surface area (Å²) in [5.41, 5.74) is 5.09. The fourth-order valence-corrected chi connectivity index (χ4v) is 7.31. The minimum Gasteiger partial charge on any atom is -0.508 e. The van der Waals surface area contributed by atoms with Gasteiger partial charge < -0.3 is 15.3 Å². The second-order valence-electron chi connectivity index (χ2n) is 12.2. The van der Waals surface area contributed by atoms with Gasteiger partial charge in [-0.1, -0.05) is 66.6 Å². The molecule has 0 saturated carbocycles. The number of piperidine rings is 1. The number of carbonyl (C=O) groups excluding carboxylic acids is 2. The molecule has 2 aromatic carbocycles. The number of carbonyl (C=O) groups is 2. The Morgan fingerprint density at radius 2 is 1.71 bits per heavy atom. The largest absolute Gasteiger partial charge is 0.508 e. The minimum atomic E-state index is -0.792. The Balaban J connectivity index is 1.26. The Morgan fingerprint density at radius 3 is 2.36 bits per heavy atom. The summed E-state index contributed by atoms with van der Waals surface area (Å²) in [5.74, 6) is -1.67. The lowest BCUT2D eigenvalue weighted by molar-refractivity contribution is -0.144. The number of hydrogen-bond donors (Lipinski definition) is 3. The fraction of sp³-hybridized carbons (Fsp3) is 0.486. The molecule has 0 bridgehead atoms. The smallest absolute Gasteiger partial charge is 0.234 e. The highest BCUT2D eigenvalue weighted by Gasteiger charge is 2.56. The molecule has 2 saturated heterocycles. The summed E-state index contributed by atoms with van der Waals surface area (Å²) in [4.78, 5) is 31.5. The van der Waals surface area contributed by atoms with Gasteiger partial charge in [-0.15, -0.1) is 0 Å². The van der Waals surface area contributed by atoms with Crippen LogP contribution in [0, 0.1) is 17.8 Å². The van der Waals surface area contributed by atoms with E-state index in [1.807, 2.05) is 50.3 Å². The number of phenolic OH excluding ortho intramolecular Hbond substituents is 1. The molecule has 0 radical (unpaired) electrons. The van der Waals surface area contributed by atoms with Gasteiger partial charge in [0.25, 0.3) is 0 Å². The van der Waals surface area contributed by atoms with Crippen LogP contribution in [0.3, 0.4) is 0 Å². The van der Waals surface area contributed by atoms with Gasteiger partial charge in [0.15, 0.2) is 0 Å². The molecular weight excluding hydrogens is 528 g/mol. The molecule has 0 aromatic heterocycles. The molecule has 2 aliphatic heterocycles. The quantitative estimate of drug-likeness (QED) is 0.276. The highest BCUT2D eigenvalue weighted by atomic mass is 16.3. The maximum absolute atomic E-state index is 13.9. The maximum Gasteiger partial charge on any atom is 0.234 e. The van der Waals surface area contributed by atoms with Gasteiger partial charge in [0, 0.05) is 31.6 Å². The van der Waals surface area contributed by atoms with Crippen LogP contribution in [0.2, 0.25) is 0 Å². The average Bonchev–Trinajstić information content (AvgIpc) is 3.25. The first-order valence-corrected chi connectivity index (χ1v) is 15.4. The predicted molar refractivity (Wildman–Crippen MR) is 163 cm³/mol. The number of aliphatic hydroxyl groups excluding tert-OH is 2. The van der Waals surface area contributed by atoms with Gasteiger partial charge in [0.2, 0.25) is 11.8 Å². The highest BCUT2D eigenvalue weighted by Crippen LogP contribution is 2.48. The van der Waals surface area contributed by atoms with Crippen LogP contribution in [0.15, 0.2) is 71.3 Å². The van der Waals surface area contributed by atoms with Crippen LogP contribution in [0.4, 0.5) is 0 Å². The lowest BCUT2D eigenvalue weighted by Crippen LogP contribution is -2.47. The Kier molecular flexibility index (Phi) is 9.61. The van der Waals surface area contributed by atoms with Crippen molar-refractivity contribution in [1.82, 2.24) is 9.80 Å². The van der Waals surface area contributed by atoms with Crippen molar-refractivity contribution in [1.29, 1.82) is 0 Å². The van der Waals surface area contributed by atoms with Gasteiger partial charge in [-0.2, -0.15) is 0 Å². The Bertz CT molecular complexity index is 1310. The number of hydrogen-bond acceptors (Lipinski definition) is 6. The molecule has 0 unspecified atom stereocenters. The fourth-order valence-electron chi connectivity index (χ4n) is 7.31. The van der Waals surface area contributed by atoms with E-state index >= 15 is 0 Å². The van der Waals surface area contributed by atoms with Gasteiger partial charge in [-0.25, -0.2) is 0 Å². The first-order valence-electron chi connectivity index (χ1n) is 15.4. The Labute approximate surface area is 249 Å². The molecule has 2 fully saturated rings. The highest BCUT2D eigenvalue weighted by molar-refractivity contribution is 6.06. The van der Waals surface area contributed by atoms with Crippen molar-refractivity contribution in [2.45, 2.75) is 71.1 Å². The van der Waals surface area contributed by atoms with E-state index in [0.717, 1.165) is 54.8 Å². The summed E-state index contributed by atoms with van der Waals surface area (Å²) in [7, 11) is 0.